The van der Waals surface area contributed by atoms with Crippen molar-refractivity contribution in [2.75, 3.05) is 19.0 Å². The van der Waals surface area contributed by atoms with Gasteiger partial charge in [-0.3, -0.25) is 10.6 Å². The lowest BCUT2D eigenvalue weighted by atomic mass is 10.1. The first-order chi connectivity index (χ1) is 10.0. The molecule has 21 heavy (non-hydrogen) atoms. The van der Waals surface area contributed by atoms with Crippen molar-refractivity contribution >= 4 is 11.6 Å². The summed E-state index contributed by atoms with van der Waals surface area (Å²) in [7, 11) is 1.83. The molecule has 0 unspecified atom stereocenters. The smallest absolute Gasteiger partial charge is 0.274 e. The minimum Gasteiger partial charge on any atom is -0.340 e. The molecule has 1 saturated carbocycles. The molecule has 0 aromatic carbocycles. The second-order valence-corrected chi connectivity index (χ2v) is 6.13. The number of aromatic nitrogens is 2. The largest absolute Gasteiger partial charge is 0.340 e. The maximum absolute atomic E-state index is 12.6. The molecular weight excluding hydrogens is 266 g/mol. The molecular formula is C15H25N5O. The van der Waals surface area contributed by atoms with Crippen molar-refractivity contribution in [2.45, 2.75) is 45.4 Å². The first-order valence-electron chi connectivity index (χ1n) is 7.62. The van der Waals surface area contributed by atoms with Crippen molar-refractivity contribution in [1.82, 2.24) is 14.9 Å². The number of hydrogen-bond acceptors (Lipinski definition) is 5. The number of carbonyl (C=O) groups is 1. The Bertz CT molecular complexity index is 497. The van der Waals surface area contributed by atoms with Crippen molar-refractivity contribution in [1.29, 1.82) is 0 Å². The molecule has 0 bridgehead atoms. The second kappa shape index (κ2) is 6.85. The quantitative estimate of drug-likeness (QED) is 0.641. The number of amides is 1. The van der Waals surface area contributed by atoms with Crippen LogP contribution in [0.4, 0.5) is 5.69 Å². The molecule has 1 amide bonds. The van der Waals surface area contributed by atoms with Crippen LogP contribution in [0, 0.1) is 5.92 Å². The first-order valence-corrected chi connectivity index (χ1v) is 7.62. The first kappa shape index (κ1) is 15.7. The number of nitrogens with one attached hydrogen (secondary N) is 1. The van der Waals surface area contributed by atoms with Crippen molar-refractivity contribution in [2.24, 2.45) is 11.8 Å². The second-order valence-electron chi connectivity index (χ2n) is 6.13. The van der Waals surface area contributed by atoms with E-state index in [2.05, 4.69) is 15.4 Å². The van der Waals surface area contributed by atoms with Gasteiger partial charge < -0.3 is 10.3 Å². The Balaban J connectivity index is 2.17. The van der Waals surface area contributed by atoms with Crippen LogP contribution in [0.5, 0.6) is 0 Å². The van der Waals surface area contributed by atoms with Gasteiger partial charge in [0.2, 0.25) is 0 Å². The highest BCUT2D eigenvalue weighted by molar-refractivity contribution is 5.97. The molecule has 0 aliphatic heterocycles. The average molecular weight is 291 g/mol. The fraction of sp³-hybridized carbons (Fsp3) is 0.667. The zero-order chi connectivity index (χ0) is 15.4. The van der Waals surface area contributed by atoms with Crippen LogP contribution < -0.4 is 11.3 Å². The molecule has 0 saturated heterocycles. The van der Waals surface area contributed by atoms with Gasteiger partial charge in [-0.25, -0.2) is 9.97 Å². The van der Waals surface area contributed by atoms with Gasteiger partial charge in [0.15, 0.2) is 5.69 Å². The molecule has 1 aromatic rings. The van der Waals surface area contributed by atoms with Crippen LogP contribution in [-0.2, 0) is 0 Å². The third-order valence-electron chi connectivity index (χ3n) is 4.04. The Morgan fingerprint density at radius 3 is 2.71 bits per heavy atom. The summed E-state index contributed by atoms with van der Waals surface area (Å²) in [6.45, 7) is 4.78. The minimum atomic E-state index is -0.0980. The zero-order valence-electron chi connectivity index (χ0n) is 13.1. The Hall–Kier alpha value is -1.69. The standard InChI is InChI=1S/C15H25N5O/c1-10(2)14-17-8-12(19-16)13(18-14)15(21)20(3)9-11-6-4-5-7-11/h8,10-11,19H,4-7,9,16H2,1-3H3. The maximum Gasteiger partial charge on any atom is 0.274 e. The molecule has 1 aromatic heterocycles. The lowest BCUT2D eigenvalue weighted by molar-refractivity contribution is 0.0768. The van der Waals surface area contributed by atoms with Crippen LogP contribution in [0.3, 0.4) is 0 Å². The normalized spacial score (nSPS) is 15.5. The van der Waals surface area contributed by atoms with Gasteiger partial charge in [0.1, 0.15) is 5.82 Å². The Labute approximate surface area is 126 Å². The van der Waals surface area contributed by atoms with E-state index in [-0.39, 0.29) is 11.8 Å². The predicted molar refractivity (Wildman–Crippen MR) is 82.8 cm³/mol. The SMILES string of the molecule is CC(C)c1ncc(NN)c(C(=O)N(C)CC2CCCC2)n1. The molecule has 0 radical (unpaired) electrons. The van der Waals surface area contributed by atoms with E-state index in [1.54, 1.807) is 11.1 Å². The van der Waals surface area contributed by atoms with Crippen LogP contribution >= 0.6 is 0 Å². The predicted octanol–water partition coefficient (Wildman–Crippen LogP) is 2.15. The topological polar surface area (TPSA) is 84.1 Å². The van der Waals surface area contributed by atoms with Crippen LogP contribution in [0.15, 0.2) is 6.20 Å². The van der Waals surface area contributed by atoms with Gasteiger partial charge in [-0.05, 0) is 18.8 Å². The number of carbonyl (C=O) groups excluding carboxylic acids is 1. The van der Waals surface area contributed by atoms with E-state index < -0.39 is 0 Å². The van der Waals surface area contributed by atoms with E-state index >= 15 is 0 Å². The third kappa shape index (κ3) is 3.69. The van der Waals surface area contributed by atoms with Gasteiger partial charge in [-0.2, -0.15) is 0 Å². The van der Waals surface area contributed by atoms with Crippen LogP contribution in [-0.4, -0.2) is 34.4 Å². The summed E-state index contributed by atoms with van der Waals surface area (Å²) < 4.78 is 0. The van der Waals surface area contributed by atoms with Crippen molar-refractivity contribution in [3.63, 3.8) is 0 Å². The third-order valence-corrected chi connectivity index (χ3v) is 4.04. The number of nitrogen functional groups attached to an aromatic ring is 1. The van der Waals surface area contributed by atoms with Crippen molar-refractivity contribution in [3.8, 4) is 0 Å². The fourth-order valence-electron chi connectivity index (χ4n) is 2.79. The number of rotatable bonds is 5. The van der Waals surface area contributed by atoms with Gasteiger partial charge in [0, 0.05) is 19.5 Å². The van der Waals surface area contributed by atoms with Crippen molar-refractivity contribution < 1.29 is 4.79 Å². The molecule has 6 heteroatoms. The van der Waals surface area contributed by atoms with Crippen LogP contribution in [0.1, 0.15) is 61.8 Å². The van der Waals surface area contributed by atoms with Gasteiger partial charge in [-0.15, -0.1) is 0 Å². The summed E-state index contributed by atoms with van der Waals surface area (Å²) in [5.41, 5.74) is 3.35. The summed E-state index contributed by atoms with van der Waals surface area (Å²) in [4.78, 5) is 23.0. The summed E-state index contributed by atoms with van der Waals surface area (Å²) in [5, 5.41) is 0. The number of nitrogens with zero attached hydrogens (tertiary/aromatic N) is 3. The fourth-order valence-corrected chi connectivity index (χ4v) is 2.79. The highest BCUT2D eigenvalue weighted by Crippen LogP contribution is 2.26. The molecule has 1 aliphatic rings. The van der Waals surface area contributed by atoms with Gasteiger partial charge in [0.25, 0.3) is 5.91 Å². The monoisotopic (exact) mass is 291 g/mol. The molecule has 3 N–H and O–H groups in total. The van der Waals surface area contributed by atoms with E-state index in [9.17, 15) is 4.79 Å². The molecule has 2 rings (SSSR count). The Morgan fingerprint density at radius 1 is 1.48 bits per heavy atom. The highest BCUT2D eigenvalue weighted by atomic mass is 16.2. The molecule has 6 nitrogen and oxygen atoms in total. The molecule has 1 aliphatic carbocycles. The minimum absolute atomic E-state index is 0.0980. The van der Waals surface area contributed by atoms with Gasteiger partial charge in [0.05, 0.1) is 11.9 Å². The lowest BCUT2D eigenvalue weighted by Crippen LogP contribution is -2.33. The summed E-state index contributed by atoms with van der Waals surface area (Å²) in [6.07, 6.45) is 6.54. The van der Waals surface area contributed by atoms with Gasteiger partial charge in [-0.1, -0.05) is 26.7 Å². The van der Waals surface area contributed by atoms with E-state index in [0.717, 1.165) is 6.54 Å². The Kier molecular flexibility index (Phi) is 5.12. The summed E-state index contributed by atoms with van der Waals surface area (Å²) in [5.74, 6) is 6.82. The zero-order valence-corrected chi connectivity index (χ0v) is 13.1. The number of nitrogens with two attached hydrogens (primary N) is 1. The number of anilines is 1. The van der Waals surface area contributed by atoms with E-state index in [0.29, 0.717) is 23.1 Å². The van der Waals surface area contributed by atoms with E-state index in [1.807, 2.05) is 20.9 Å². The molecule has 0 spiro atoms. The van der Waals surface area contributed by atoms with E-state index in [4.69, 9.17) is 5.84 Å². The number of hydrazine groups is 1. The maximum atomic E-state index is 12.6. The average Bonchev–Trinajstić information content (AvgIpc) is 2.98. The van der Waals surface area contributed by atoms with Crippen LogP contribution in [0.2, 0.25) is 0 Å². The molecule has 116 valence electrons. The Morgan fingerprint density at radius 2 is 2.14 bits per heavy atom. The molecule has 1 heterocycles. The highest BCUT2D eigenvalue weighted by Gasteiger charge is 2.23. The molecule has 0 atom stereocenters. The summed E-state index contributed by atoms with van der Waals surface area (Å²) >= 11 is 0. The number of hydrogen-bond donors (Lipinski definition) is 2. The molecule has 1 fully saturated rings. The van der Waals surface area contributed by atoms with Crippen molar-refractivity contribution in [3.05, 3.63) is 17.7 Å². The van der Waals surface area contributed by atoms with Crippen LogP contribution in [0.25, 0.3) is 0 Å². The lowest BCUT2D eigenvalue weighted by Gasteiger charge is -2.22. The van der Waals surface area contributed by atoms with Gasteiger partial charge >= 0.3 is 0 Å². The summed E-state index contributed by atoms with van der Waals surface area (Å²) in [6, 6.07) is 0. The van der Waals surface area contributed by atoms with E-state index in [1.165, 1.54) is 25.7 Å².